The normalized spacial score (nSPS) is 24.7. The van der Waals surface area contributed by atoms with Crippen molar-refractivity contribution in [1.82, 2.24) is 15.5 Å². The van der Waals surface area contributed by atoms with Crippen LogP contribution in [0.5, 0.6) is 0 Å². The third-order valence-electron chi connectivity index (χ3n) is 4.49. The van der Waals surface area contributed by atoms with E-state index in [1.807, 2.05) is 0 Å². The maximum atomic E-state index is 12.0. The maximum absolute atomic E-state index is 12.0. The van der Waals surface area contributed by atoms with Gasteiger partial charge in [-0.2, -0.15) is 0 Å². The molecule has 3 amide bonds. The number of hydrogen-bond acceptors (Lipinski definition) is 4. The zero-order chi connectivity index (χ0) is 16.2. The largest absolute Gasteiger partial charge is 0.340 e. The number of sulfone groups is 1. The highest BCUT2D eigenvalue weighted by Gasteiger charge is 2.32. The van der Waals surface area contributed by atoms with Crippen LogP contribution in [0.4, 0.5) is 4.79 Å². The Bertz CT molecular complexity index is 514. The van der Waals surface area contributed by atoms with Crippen LogP contribution in [0.1, 0.15) is 38.5 Å². The molecule has 1 saturated carbocycles. The first-order valence-electron chi connectivity index (χ1n) is 7.88. The molecule has 126 valence electrons. The number of carbonyl (C=O) groups is 2. The summed E-state index contributed by atoms with van der Waals surface area (Å²) in [6, 6.07) is -0.407. The molecule has 1 saturated heterocycles. The molecule has 1 aliphatic heterocycles. The highest BCUT2D eigenvalue weighted by Crippen LogP contribution is 2.17. The highest BCUT2D eigenvalue weighted by molar-refractivity contribution is 7.91. The van der Waals surface area contributed by atoms with Crippen LogP contribution in [0.25, 0.3) is 0 Å². The van der Waals surface area contributed by atoms with Crippen LogP contribution in [-0.4, -0.2) is 62.4 Å². The fraction of sp³-hybridized carbons (Fsp3) is 0.857. The third kappa shape index (κ3) is 4.86. The van der Waals surface area contributed by atoms with E-state index in [4.69, 9.17) is 0 Å². The number of nitrogens with one attached hydrogen (secondary N) is 2. The molecular weight excluding hydrogens is 306 g/mol. The second-order valence-corrected chi connectivity index (χ2v) is 8.45. The lowest BCUT2D eigenvalue weighted by atomic mass is 9.96. The minimum Gasteiger partial charge on any atom is -0.340 e. The molecule has 2 N–H and O–H groups in total. The van der Waals surface area contributed by atoms with Crippen LogP contribution in [0.2, 0.25) is 0 Å². The molecule has 0 bridgehead atoms. The molecule has 8 heteroatoms. The molecule has 2 rings (SSSR count). The van der Waals surface area contributed by atoms with Crippen molar-refractivity contribution in [3.8, 4) is 0 Å². The molecule has 22 heavy (non-hydrogen) atoms. The van der Waals surface area contributed by atoms with E-state index >= 15 is 0 Å². The number of likely N-dealkylation sites (N-methyl/N-ethyl adjacent to an activating group) is 1. The minimum absolute atomic E-state index is 0.0174. The van der Waals surface area contributed by atoms with Gasteiger partial charge in [0.15, 0.2) is 9.84 Å². The van der Waals surface area contributed by atoms with Crippen molar-refractivity contribution >= 4 is 21.8 Å². The monoisotopic (exact) mass is 331 g/mol. The molecule has 0 radical (unpaired) electrons. The number of urea groups is 1. The van der Waals surface area contributed by atoms with Crippen molar-refractivity contribution in [3.63, 3.8) is 0 Å². The molecule has 0 spiro atoms. The fourth-order valence-corrected chi connectivity index (χ4v) is 4.82. The van der Waals surface area contributed by atoms with Crippen LogP contribution in [0.3, 0.4) is 0 Å². The van der Waals surface area contributed by atoms with Crippen LogP contribution in [0, 0.1) is 0 Å². The molecule has 2 fully saturated rings. The van der Waals surface area contributed by atoms with Gasteiger partial charge < -0.3 is 15.5 Å². The average molecular weight is 331 g/mol. The van der Waals surface area contributed by atoms with E-state index in [1.54, 1.807) is 7.05 Å². The van der Waals surface area contributed by atoms with E-state index in [0.29, 0.717) is 6.42 Å². The van der Waals surface area contributed by atoms with E-state index in [0.717, 1.165) is 25.7 Å². The number of amides is 3. The third-order valence-corrected chi connectivity index (χ3v) is 6.24. The zero-order valence-electron chi connectivity index (χ0n) is 13.0. The Balaban J connectivity index is 1.71. The van der Waals surface area contributed by atoms with Gasteiger partial charge in [-0.05, 0) is 19.3 Å². The fourth-order valence-electron chi connectivity index (χ4n) is 3.05. The van der Waals surface area contributed by atoms with E-state index in [2.05, 4.69) is 10.6 Å². The van der Waals surface area contributed by atoms with Gasteiger partial charge >= 0.3 is 6.03 Å². The first kappa shape index (κ1) is 17.1. The van der Waals surface area contributed by atoms with Crippen LogP contribution in [-0.2, 0) is 14.6 Å². The lowest BCUT2D eigenvalue weighted by molar-refractivity contribution is -0.130. The van der Waals surface area contributed by atoms with Crippen molar-refractivity contribution in [1.29, 1.82) is 0 Å². The predicted octanol–water partition coefficient (Wildman–Crippen LogP) is 0.264. The van der Waals surface area contributed by atoms with Crippen molar-refractivity contribution in [3.05, 3.63) is 0 Å². The van der Waals surface area contributed by atoms with Crippen molar-refractivity contribution < 1.29 is 18.0 Å². The van der Waals surface area contributed by atoms with Gasteiger partial charge in [-0.1, -0.05) is 19.3 Å². The Hall–Kier alpha value is -1.31. The first-order valence-corrected chi connectivity index (χ1v) is 9.70. The summed E-state index contributed by atoms with van der Waals surface area (Å²) in [6.45, 7) is -0.106. The smallest absolute Gasteiger partial charge is 0.315 e. The summed E-state index contributed by atoms with van der Waals surface area (Å²) >= 11 is 0. The average Bonchev–Trinajstić information content (AvgIpc) is 2.85. The lowest BCUT2D eigenvalue weighted by Crippen LogP contribution is -2.48. The van der Waals surface area contributed by atoms with Crippen LogP contribution >= 0.6 is 0 Å². The number of hydrogen-bond donors (Lipinski definition) is 2. The van der Waals surface area contributed by atoms with Crippen molar-refractivity contribution in [2.45, 2.75) is 50.6 Å². The van der Waals surface area contributed by atoms with E-state index in [-0.39, 0.29) is 42.1 Å². The second kappa shape index (κ2) is 7.30. The van der Waals surface area contributed by atoms with Gasteiger partial charge in [0.1, 0.15) is 0 Å². The van der Waals surface area contributed by atoms with Gasteiger partial charge in [0.05, 0.1) is 18.1 Å². The standard InChI is InChI=1S/C14H25N3O4S/c1-17(12-7-8-22(20,21)10-12)13(18)9-15-14(19)16-11-5-3-2-4-6-11/h11-12H,2-10H2,1H3,(H2,15,16,19). The summed E-state index contributed by atoms with van der Waals surface area (Å²) in [4.78, 5) is 25.2. The second-order valence-electron chi connectivity index (χ2n) is 6.22. The van der Waals surface area contributed by atoms with Crippen molar-refractivity contribution in [2.24, 2.45) is 0 Å². The minimum atomic E-state index is -3.02. The van der Waals surface area contributed by atoms with Gasteiger partial charge in [0.2, 0.25) is 5.91 Å². The molecule has 1 aliphatic carbocycles. The Morgan fingerprint density at radius 1 is 1.14 bits per heavy atom. The van der Waals surface area contributed by atoms with Gasteiger partial charge in [0.25, 0.3) is 0 Å². The Kier molecular flexibility index (Phi) is 5.66. The maximum Gasteiger partial charge on any atom is 0.315 e. The molecule has 1 heterocycles. The SMILES string of the molecule is CN(C(=O)CNC(=O)NC1CCCCC1)C1CCS(=O)(=O)C1. The first-order chi connectivity index (χ1) is 10.4. The molecule has 1 atom stereocenters. The summed E-state index contributed by atoms with van der Waals surface area (Å²) in [5.41, 5.74) is 0. The van der Waals surface area contributed by atoms with Gasteiger partial charge in [-0.15, -0.1) is 0 Å². The summed E-state index contributed by atoms with van der Waals surface area (Å²) in [5, 5.41) is 5.44. The number of nitrogens with zero attached hydrogens (tertiary/aromatic N) is 1. The van der Waals surface area contributed by atoms with E-state index in [1.165, 1.54) is 11.3 Å². The summed E-state index contributed by atoms with van der Waals surface area (Å²) in [6.07, 6.45) is 5.92. The summed E-state index contributed by atoms with van der Waals surface area (Å²) in [7, 11) is -1.43. The molecule has 1 unspecified atom stereocenters. The van der Waals surface area contributed by atoms with E-state index in [9.17, 15) is 18.0 Å². The molecule has 0 aromatic heterocycles. The van der Waals surface area contributed by atoms with Gasteiger partial charge in [-0.3, -0.25) is 4.79 Å². The molecule has 2 aliphatic rings. The van der Waals surface area contributed by atoms with Gasteiger partial charge in [0, 0.05) is 19.1 Å². The molecule has 0 aromatic carbocycles. The summed E-state index contributed by atoms with van der Waals surface area (Å²) in [5.74, 6) is -0.116. The summed E-state index contributed by atoms with van der Waals surface area (Å²) < 4.78 is 22.9. The number of rotatable bonds is 4. The van der Waals surface area contributed by atoms with E-state index < -0.39 is 9.84 Å². The topological polar surface area (TPSA) is 95.6 Å². The van der Waals surface area contributed by atoms with Crippen LogP contribution < -0.4 is 10.6 Å². The highest BCUT2D eigenvalue weighted by atomic mass is 32.2. The Labute approximate surface area is 131 Å². The molecule has 0 aromatic rings. The Morgan fingerprint density at radius 3 is 2.41 bits per heavy atom. The van der Waals surface area contributed by atoms with Crippen molar-refractivity contribution in [2.75, 3.05) is 25.1 Å². The lowest BCUT2D eigenvalue weighted by Gasteiger charge is -2.25. The number of carbonyl (C=O) groups excluding carboxylic acids is 2. The molecular formula is C14H25N3O4S. The van der Waals surface area contributed by atoms with Gasteiger partial charge in [-0.25, -0.2) is 13.2 Å². The zero-order valence-corrected chi connectivity index (χ0v) is 13.8. The van der Waals surface area contributed by atoms with Crippen LogP contribution in [0.15, 0.2) is 0 Å². The quantitative estimate of drug-likeness (QED) is 0.772. The molecule has 7 nitrogen and oxygen atoms in total. The predicted molar refractivity (Wildman–Crippen MR) is 83.2 cm³/mol. The Morgan fingerprint density at radius 2 is 1.82 bits per heavy atom.